The van der Waals surface area contributed by atoms with Crippen LogP contribution in [0.5, 0.6) is 0 Å². The first-order chi connectivity index (χ1) is 10.9. The Labute approximate surface area is 133 Å². The van der Waals surface area contributed by atoms with Crippen LogP contribution in [0.15, 0.2) is 60.7 Å². The number of nitrogens with zero attached hydrogens (tertiary/aromatic N) is 1. The molecule has 22 heavy (non-hydrogen) atoms. The summed E-state index contributed by atoms with van der Waals surface area (Å²) in [4.78, 5) is 2.62. The zero-order chi connectivity index (χ0) is 14.8. The second-order valence-electron chi connectivity index (χ2n) is 6.65. The molecular weight excluding hydrogens is 266 g/mol. The topological polar surface area (TPSA) is 3.24 Å². The summed E-state index contributed by atoms with van der Waals surface area (Å²) in [6.45, 7) is 3.91. The summed E-state index contributed by atoms with van der Waals surface area (Å²) in [6, 6.07) is 19.5. The summed E-state index contributed by atoms with van der Waals surface area (Å²) < 4.78 is 0. The molecule has 2 aromatic carbocycles. The lowest BCUT2D eigenvalue weighted by molar-refractivity contribution is 0.0740. The first-order valence-corrected chi connectivity index (χ1v) is 8.44. The van der Waals surface area contributed by atoms with Crippen molar-refractivity contribution < 1.29 is 0 Å². The Morgan fingerprint density at radius 1 is 0.818 bits per heavy atom. The molecule has 3 aliphatic heterocycles. The molecule has 1 heteroatoms. The molecule has 3 saturated heterocycles. The van der Waals surface area contributed by atoms with Crippen LogP contribution in [0.4, 0.5) is 0 Å². The molecule has 3 fully saturated rings. The van der Waals surface area contributed by atoms with Gasteiger partial charge in [0.25, 0.3) is 0 Å². The minimum Gasteiger partial charge on any atom is -0.303 e. The highest BCUT2D eigenvalue weighted by atomic mass is 15.1. The molecule has 0 spiro atoms. The van der Waals surface area contributed by atoms with Crippen LogP contribution in [-0.4, -0.2) is 24.5 Å². The van der Waals surface area contributed by atoms with Gasteiger partial charge >= 0.3 is 0 Å². The van der Waals surface area contributed by atoms with E-state index in [1.807, 2.05) is 0 Å². The lowest BCUT2D eigenvalue weighted by atomic mass is 9.79. The predicted molar refractivity (Wildman–Crippen MR) is 93.6 cm³/mol. The van der Waals surface area contributed by atoms with E-state index in [9.17, 15) is 0 Å². The maximum absolute atomic E-state index is 2.62. The number of fused-ring (bicyclic) bond motifs is 3. The van der Waals surface area contributed by atoms with Crippen molar-refractivity contribution >= 4 is 6.08 Å². The molecule has 3 aliphatic rings. The second kappa shape index (κ2) is 6.10. The van der Waals surface area contributed by atoms with E-state index < -0.39 is 0 Å². The van der Waals surface area contributed by atoms with Crippen LogP contribution in [0.1, 0.15) is 18.4 Å². The van der Waals surface area contributed by atoms with E-state index in [0.717, 1.165) is 11.8 Å². The Morgan fingerprint density at radius 3 is 2.14 bits per heavy atom. The minimum absolute atomic E-state index is 0.760. The molecule has 0 aliphatic carbocycles. The Morgan fingerprint density at radius 2 is 1.50 bits per heavy atom. The Bertz CT molecular complexity index is 633. The third-order valence-electron chi connectivity index (χ3n) is 5.26. The van der Waals surface area contributed by atoms with Gasteiger partial charge in [0.05, 0.1) is 0 Å². The Hall–Kier alpha value is -1.86. The fourth-order valence-corrected chi connectivity index (χ4v) is 3.88. The molecule has 2 aromatic rings. The zero-order valence-electron chi connectivity index (χ0n) is 13.0. The van der Waals surface area contributed by atoms with Gasteiger partial charge in [-0.1, -0.05) is 66.7 Å². The molecule has 0 radical (unpaired) electrons. The standard InChI is InChI=1S/C21H23N/c1-2-4-18(5-3-1)19-9-6-17(7-10-19)8-11-21-16-22-14-12-20(21)13-15-22/h1-11,20-21H,12-16H2/b11-8+/t21-/m1/s1. The monoisotopic (exact) mass is 289 g/mol. The maximum atomic E-state index is 2.62. The van der Waals surface area contributed by atoms with Gasteiger partial charge in [-0.15, -0.1) is 0 Å². The molecule has 0 saturated carbocycles. The van der Waals surface area contributed by atoms with Crippen molar-refractivity contribution in [2.75, 3.05) is 19.6 Å². The average Bonchev–Trinajstić information content (AvgIpc) is 2.62. The number of hydrogen-bond acceptors (Lipinski definition) is 1. The van der Waals surface area contributed by atoms with Crippen molar-refractivity contribution in [3.8, 4) is 11.1 Å². The van der Waals surface area contributed by atoms with E-state index in [0.29, 0.717) is 0 Å². The van der Waals surface area contributed by atoms with Gasteiger partial charge in [0.1, 0.15) is 0 Å². The van der Waals surface area contributed by atoms with Gasteiger partial charge in [-0.2, -0.15) is 0 Å². The molecule has 3 heterocycles. The summed E-state index contributed by atoms with van der Waals surface area (Å²) in [5.74, 6) is 1.68. The minimum atomic E-state index is 0.760. The fraction of sp³-hybridized carbons (Fsp3) is 0.333. The van der Waals surface area contributed by atoms with Gasteiger partial charge < -0.3 is 4.90 Å². The van der Waals surface area contributed by atoms with Crippen molar-refractivity contribution in [3.05, 3.63) is 66.2 Å². The average molecular weight is 289 g/mol. The molecule has 5 rings (SSSR count). The number of rotatable bonds is 3. The van der Waals surface area contributed by atoms with Crippen LogP contribution in [0.3, 0.4) is 0 Å². The number of benzene rings is 2. The van der Waals surface area contributed by atoms with Crippen molar-refractivity contribution in [2.45, 2.75) is 12.8 Å². The van der Waals surface area contributed by atoms with Gasteiger partial charge in [0.15, 0.2) is 0 Å². The quantitative estimate of drug-likeness (QED) is 0.791. The molecule has 0 N–H and O–H groups in total. The number of piperidine rings is 3. The molecule has 112 valence electrons. The van der Waals surface area contributed by atoms with Crippen LogP contribution < -0.4 is 0 Å². The highest BCUT2D eigenvalue weighted by Crippen LogP contribution is 2.33. The molecule has 0 aromatic heterocycles. The zero-order valence-corrected chi connectivity index (χ0v) is 13.0. The van der Waals surface area contributed by atoms with Crippen LogP contribution in [0.25, 0.3) is 17.2 Å². The van der Waals surface area contributed by atoms with Crippen molar-refractivity contribution in [1.82, 2.24) is 4.90 Å². The highest BCUT2D eigenvalue weighted by Gasteiger charge is 2.32. The van der Waals surface area contributed by atoms with E-state index in [1.165, 1.54) is 49.2 Å². The van der Waals surface area contributed by atoms with Crippen molar-refractivity contribution in [1.29, 1.82) is 0 Å². The summed E-state index contributed by atoms with van der Waals surface area (Å²) >= 11 is 0. The number of hydrogen-bond donors (Lipinski definition) is 0. The third kappa shape index (κ3) is 2.86. The van der Waals surface area contributed by atoms with Crippen LogP contribution >= 0.6 is 0 Å². The second-order valence-corrected chi connectivity index (χ2v) is 6.65. The summed E-state index contributed by atoms with van der Waals surface area (Å²) in [5.41, 5.74) is 3.90. The van der Waals surface area contributed by atoms with E-state index in [1.54, 1.807) is 0 Å². The van der Waals surface area contributed by atoms with Crippen LogP contribution in [-0.2, 0) is 0 Å². The first kappa shape index (κ1) is 13.8. The Balaban J connectivity index is 1.46. The Kier molecular flexibility index (Phi) is 3.82. The highest BCUT2D eigenvalue weighted by molar-refractivity contribution is 5.65. The molecule has 2 bridgehead atoms. The van der Waals surface area contributed by atoms with Crippen molar-refractivity contribution in [3.63, 3.8) is 0 Å². The SMILES string of the molecule is C(=C\[C@@H]1CN2CCC1CC2)/c1ccc(-c2ccccc2)cc1. The lowest BCUT2D eigenvalue weighted by Crippen LogP contribution is -2.46. The van der Waals surface area contributed by atoms with Crippen molar-refractivity contribution in [2.24, 2.45) is 11.8 Å². The predicted octanol–water partition coefficient (Wildman–Crippen LogP) is 4.71. The normalized spacial score (nSPS) is 27.4. The van der Waals surface area contributed by atoms with Gasteiger partial charge in [-0.25, -0.2) is 0 Å². The molecule has 0 amide bonds. The fourth-order valence-electron chi connectivity index (χ4n) is 3.88. The molecule has 1 atom stereocenters. The maximum Gasteiger partial charge on any atom is 0.00471 e. The van der Waals surface area contributed by atoms with Gasteiger partial charge in [0, 0.05) is 6.54 Å². The smallest absolute Gasteiger partial charge is 0.00471 e. The molecular formula is C21H23N. The van der Waals surface area contributed by atoms with E-state index >= 15 is 0 Å². The first-order valence-electron chi connectivity index (χ1n) is 8.44. The largest absolute Gasteiger partial charge is 0.303 e. The van der Waals surface area contributed by atoms with Crippen LogP contribution in [0.2, 0.25) is 0 Å². The summed E-state index contributed by atoms with van der Waals surface area (Å²) in [5, 5.41) is 0. The van der Waals surface area contributed by atoms with Gasteiger partial charge in [0.2, 0.25) is 0 Å². The van der Waals surface area contributed by atoms with Gasteiger partial charge in [-0.05, 0) is 54.5 Å². The lowest BCUT2D eigenvalue weighted by Gasteiger charge is -2.43. The molecule has 0 unspecified atom stereocenters. The van der Waals surface area contributed by atoms with Gasteiger partial charge in [-0.3, -0.25) is 0 Å². The summed E-state index contributed by atoms with van der Waals surface area (Å²) in [7, 11) is 0. The van der Waals surface area contributed by atoms with E-state index in [4.69, 9.17) is 0 Å². The van der Waals surface area contributed by atoms with Crippen LogP contribution in [0, 0.1) is 11.8 Å². The van der Waals surface area contributed by atoms with E-state index in [-0.39, 0.29) is 0 Å². The third-order valence-corrected chi connectivity index (χ3v) is 5.26. The summed E-state index contributed by atoms with van der Waals surface area (Å²) in [6.07, 6.45) is 7.55. The molecule has 1 nitrogen and oxygen atoms in total. The van der Waals surface area contributed by atoms with E-state index in [2.05, 4.69) is 71.6 Å².